The summed E-state index contributed by atoms with van der Waals surface area (Å²) in [6, 6.07) is 18.2. The number of amides is 3. The first kappa shape index (κ1) is 26.1. The topological polar surface area (TPSA) is 107 Å². The van der Waals surface area contributed by atoms with Gasteiger partial charge in [-0.2, -0.15) is 0 Å². The second-order valence-electron chi connectivity index (χ2n) is 9.46. The van der Waals surface area contributed by atoms with Crippen LogP contribution in [0.1, 0.15) is 21.6 Å². The summed E-state index contributed by atoms with van der Waals surface area (Å²) in [6.45, 7) is 7.79. The number of rotatable bonds is 8. The number of carbonyl (C=O) groups is 2. The lowest BCUT2D eigenvalue weighted by molar-refractivity contribution is 0.102. The molecule has 9 nitrogen and oxygen atoms in total. The third-order valence-electron chi connectivity index (χ3n) is 6.51. The number of nitrogen functional groups attached to an aromatic ring is 1. The number of piperazine rings is 1. The molecular weight excluding hydrogens is 466 g/mol. The number of nitrogens with one attached hydrogen (secondary N) is 2. The summed E-state index contributed by atoms with van der Waals surface area (Å²) in [6.07, 6.45) is 1.64. The van der Waals surface area contributed by atoms with Crippen LogP contribution >= 0.6 is 0 Å². The fourth-order valence-electron chi connectivity index (χ4n) is 4.10. The molecule has 4 rings (SSSR count). The molecule has 0 atom stereocenters. The largest absolute Gasteiger partial charge is 0.397 e. The molecule has 2 aromatic carbocycles. The van der Waals surface area contributed by atoms with E-state index in [1.165, 1.54) is 0 Å². The number of aromatic nitrogens is 1. The molecule has 0 unspecified atom stereocenters. The molecule has 194 valence electrons. The van der Waals surface area contributed by atoms with Crippen LogP contribution in [0.25, 0.3) is 0 Å². The average molecular weight is 502 g/mol. The van der Waals surface area contributed by atoms with Crippen molar-refractivity contribution in [2.75, 3.05) is 62.7 Å². The summed E-state index contributed by atoms with van der Waals surface area (Å²) in [4.78, 5) is 36.7. The van der Waals surface area contributed by atoms with E-state index in [0.29, 0.717) is 24.5 Å². The Kier molecular flexibility index (Phi) is 8.71. The third kappa shape index (κ3) is 7.52. The zero-order valence-electron chi connectivity index (χ0n) is 21.5. The molecule has 1 aromatic heterocycles. The minimum absolute atomic E-state index is 0.167. The van der Waals surface area contributed by atoms with Gasteiger partial charge in [-0.25, -0.2) is 4.79 Å². The van der Waals surface area contributed by atoms with Gasteiger partial charge in [-0.3, -0.25) is 14.7 Å². The van der Waals surface area contributed by atoms with Crippen molar-refractivity contribution >= 4 is 29.0 Å². The minimum atomic E-state index is -0.339. The van der Waals surface area contributed by atoms with E-state index in [-0.39, 0.29) is 17.6 Å². The van der Waals surface area contributed by atoms with E-state index in [1.54, 1.807) is 35.4 Å². The van der Waals surface area contributed by atoms with Crippen molar-refractivity contribution in [1.82, 2.24) is 19.7 Å². The van der Waals surface area contributed by atoms with E-state index in [0.717, 1.165) is 49.5 Å². The number of hydrogen-bond acceptors (Lipinski definition) is 6. The van der Waals surface area contributed by atoms with Gasteiger partial charge >= 0.3 is 6.03 Å². The highest BCUT2D eigenvalue weighted by Crippen LogP contribution is 2.18. The molecule has 0 aliphatic carbocycles. The fourth-order valence-corrected chi connectivity index (χ4v) is 4.10. The molecule has 1 fully saturated rings. The maximum absolute atomic E-state index is 13.2. The second-order valence-corrected chi connectivity index (χ2v) is 9.46. The van der Waals surface area contributed by atoms with Gasteiger partial charge < -0.3 is 26.2 Å². The smallest absolute Gasteiger partial charge is 0.322 e. The van der Waals surface area contributed by atoms with Crippen LogP contribution in [0.4, 0.5) is 21.9 Å². The van der Waals surface area contributed by atoms with Crippen molar-refractivity contribution in [3.8, 4) is 0 Å². The lowest BCUT2D eigenvalue weighted by atomic mass is 10.2. The van der Waals surface area contributed by atoms with Crippen LogP contribution in [0.3, 0.4) is 0 Å². The predicted octanol–water partition coefficient (Wildman–Crippen LogP) is 3.51. The highest BCUT2D eigenvalue weighted by atomic mass is 16.2. The molecule has 4 N–H and O–H groups in total. The summed E-state index contributed by atoms with van der Waals surface area (Å²) < 4.78 is 0. The maximum Gasteiger partial charge on any atom is 0.322 e. The Labute approximate surface area is 218 Å². The Hall–Kier alpha value is -3.95. The molecule has 1 aliphatic heterocycles. The van der Waals surface area contributed by atoms with E-state index >= 15 is 0 Å². The Balaban J connectivity index is 1.41. The third-order valence-corrected chi connectivity index (χ3v) is 6.51. The zero-order valence-corrected chi connectivity index (χ0v) is 21.5. The van der Waals surface area contributed by atoms with Gasteiger partial charge in [0.05, 0.1) is 11.4 Å². The van der Waals surface area contributed by atoms with Crippen LogP contribution in [0.15, 0.2) is 66.9 Å². The molecule has 3 amide bonds. The Morgan fingerprint density at radius 1 is 0.973 bits per heavy atom. The number of benzene rings is 2. The van der Waals surface area contributed by atoms with Crippen molar-refractivity contribution in [2.45, 2.75) is 13.5 Å². The number of anilines is 3. The van der Waals surface area contributed by atoms with E-state index in [9.17, 15) is 9.59 Å². The van der Waals surface area contributed by atoms with E-state index in [2.05, 4.69) is 32.5 Å². The quantitative estimate of drug-likeness (QED) is 0.408. The highest BCUT2D eigenvalue weighted by molar-refractivity contribution is 6.04. The normalized spacial score (nSPS) is 14.2. The van der Waals surface area contributed by atoms with Crippen molar-refractivity contribution in [2.24, 2.45) is 0 Å². The SMILES string of the molecule is Cc1ccc(NC(=O)N(CCN2CCN(C)CC2)Cc2ccc(C(=O)Nc3ccccc3N)nc2)cc1. The molecule has 1 aliphatic rings. The minimum Gasteiger partial charge on any atom is -0.397 e. The van der Waals surface area contributed by atoms with Gasteiger partial charge in [0.1, 0.15) is 5.69 Å². The first-order valence-corrected chi connectivity index (χ1v) is 12.5. The molecule has 2 heterocycles. The molecule has 0 saturated carbocycles. The fraction of sp³-hybridized carbons (Fsp3) is 0.321. The first-order chi connectivity index (χ1) is 17.9. The zero-order chi connectivity index (χ0) is 26.2. The summed E-state index contributed by atoms with van der Waals surface area (Å²) in [5.41, 5.74) is 9.96. The molecule has 3 aromatic rings. The van der Waals surface area contributed by atoms with Crippen molar-refractivity contribution in [3.63, 3.8) is 0 Å². The van der Waals surface area contributed by atoms with Crippen LogP contribution in [-0.4, -0.2) is 77.9 Å². The number of carbonyl (C=O) groups excluding carboxylic acids is 2. The van der Waals surface area contributed by atoms with Crippen LogP contribution in [-0.2, 0) is 6.54 Å². The van der Waals surface area contributed by atoms with Gasteiger partial charge in [-0.1, -0.05) is 35.9 Å². The van der Waals surface area contributed by atoms with Crippen molar-refractivity contribution < 1.29 is 9.59 Å². The average Bonchev–Trinajstić information content (AvgIpc) is 2.90. The van der Waals surface area contributed by atoms with Gasteiger partial charge in [0.2, 0.25) is 0 Å². The number of para-hydroxylation sites is 2. The molecule has 1 saturated heterocycles. The summed E-state index contributed by atoms with van der Waals surface area (Å²) in [5.74, 6) is -0.339. The molecule has 0 radical (unpaired) electrons. The summed E-state index contributed by atoms with van der Waals surface area (Å²) >= 11 is 0. The summed E-state index contributed by atoms with van der Waals surface area (Å²) in [5, 5.41) is 5.80. The Bertz CT molecular complexity index is 1190. The lowest BCUT2D eigenvalue weighted by Crippen LogP contribution is -2.48. The number of nitrogens with two attached hydrogens (primary N) is 1. The first-order valence-electron chi connectivity index (χ1n) is 12.5. The van der Waals surface area contributed by atoms with Crippen molar-refractivity contribution in [3.05, 3.63) is 83.7 Å². The Morgan fingerprint density at radius 3 is 2.38 bits per heavy atom. The Morgan fingerprint density at radius 2 is 1.70 bits per heavy atom. The number of urea groups is 1. The van der Waals surface area contributed by atoms with Crippen LogP contribution in [0, 0.1) is 6.92 Å². The van der Waals surface area contributed by atoms with Crippen LogP contribution in [0.2, 0.25) is 0 Å². The number of hydrogen-bond donors (Lipinski definition) is 3. The monoisotopic (exact) mass is 501 g/mol. The molecule has 0 bridgehead atoms. The number of pyridine rings is 1. The van der Waals surface area contributed by atoms with Gasteiger partial charge in [-0.15, -0.1) is 0 Å². The van der Waals surface area contributed by atoms with Gasteiger partial charge in [0.15, 0.2) is 0 Å². The van der Waals surface area contributed by atoms with E-state index in [4.69, 9.17) is 5.73 Å². The molecular formula is C28H35N7O2. The predicted molar refractivity (Wildman–Crippen MR) is 148 cm³/mol. The van der Waals surface area contributed by atoms with Gasteiger partial charge in [-0.05, 0) is 49.9 Å². The number of nitrogens with zero attached hydrogens (tertiary/aromatic N) is 4. The van der Waals surface area contributed by atoms with Gasteiger partial charge in [0.25, 0.3) is 5.91 Å². The molecule has 37 heavy (non-hydrogen) atoms. The second kappa shape index (κ2) is 12.3. The number of aryl methyl sites for hydroxylation is 1. The van der Waals surface area contributed by atoms with E-state index in [1.807, 2.05) is 43.3 Å². The van der Waals surface area contributed by atoms with Crippen molar-refractivity contribution in [1.29, 1.82) is 0 Å². The highest BCUT2D eigenvalue weighted by Gasteiger charge is 2.19. The number of likely N-dealkylation sites (N-methyl/N-ethyl adjacent to an activating group) is 1. The van der Waals surface area contributed by atoms with Crippen LogP contribution in [0.5, 0.6) is 0 Å². The summed E-state index contributed by atoms with van der Waals surface area (Å²) in [7, 11) is 2.13. The van der Waals surface area contributed by atoms with Gasteiger partial charge in [0, 0.05) is 57.7 Å². The van der Waals surface area contributed by atoms with Crippen LogP contribution < -0.4 is 16.4 Å². The molecule has 9 heteroatoms. The lowest BCUT2D eigenvalue weighted by Gasteiger charge is -2.34. The standard InChI is InChI=1S/C28H35N7O2/c1-21-7-10-23(11-8-21)31-28(37)35(18-17-34-15-13-33(2)14-16-34)20-22-9-12-26(30-19-22)27(36)32-25-6-4-3-5-24(25)29/h3-12,19H,13-18,20,29H2,1-2H3,(H,31,37)(H,32,36). The molecule has 0 spiro atoms. The maximum atomic E-state index is 13.2. The van der Waals surface area contributed by atoms with E-state index < -0.39 is 0 Å².